The highest BCUT2D eigenvalue weighted by atomic mass is 16.3. The summed E-state index contributed by atoms with van der Waals surface area (Å²) in [6.07, 6.45) is 3.71. The van der Waals surface area contributed by atoms with Crippen LogP contribution in [-0.4, -0.2) is 31.4 Å². The first-order valence-electron chi connectivity index (χ1n) is 8.02. The Morgan fingerprint density at radius 3 is 2.71 bits per heavy atom. The van der Waals surface area contributed by atoms with Gasteiger partial charge in [-0.1, -0.05) is 12.1 Å². The van der Waals surface area contributed by atoms with Gasteiger partial charge < -0.3 is 20.4 Å². The first-order valence-corrected chi connectivity index (χ1v) is 8.02. The predicted octanol–water partition coefficient (Wildman–Crippen LogP) is 2.02. The van der Waals surface area contributed by atoms with Crippen LogP contribution in [0.15, 0.2) is 47.1 Å². The molecule has 1 fully saturated rings. The van der Waals surface area contributed by atoms with Gasteiger partial charge in [0.25, 0.3) is 11.8 Å². The van der Waals surface area contributed by atoms with Crippen molar-refractivity contribution in [3.8, 4) is 0 Å². The second-order valence-electron chi connectivity index (χ2n) is 6.07. The number of rotatable bonds is 6. The van der Waals surface area contributed by atoms with Crippen molar-refractivity contribution in [1.29, 1.82) is 0 Å². The van der Waals surface area contributed by atoms with Crippen LogP contribution in [0.2, 0.25) is 0 Å². The maximum absolute atomic E-state index is 12.5. The molecule has 0 aliphatic heterocycles. The Morgan fingerprint density at radius 1 is 1.29 bits per heavy atom. The number of carbonyl (C=O) groups is 2. The molecular formula is C18H21N3O3. The van der Waals surface area contributed by atoms with Crippen LogP contribution in [0.25, 0.3) is 0 Å². The molecule has 6 heteroatoms. The van der Waals surface area contributed by atoms with Gasteiger partial charge in [0.1, 0.15) is 0 Å². The standard InChI is InChI=1S/C18H21N3O3/c1-21(18(23)16-7-4-10-24-16)15-6-3-2-5-13(15)17(22)20-11-14(19)12-8-9-12/h2-7,10,12,14H,8-9,11,19H2,1H3,(H,20,22). The van der Waals surface area contributed by atoms with Gasteiger partial charge in [-0.2, -0.15) is 0 Å². The third-order valence-corrected chi connectivity index (χ3v) is 4.27. The minimum absolute atomic E-state index is 0.0106. The lowest BCUT2D eigenvalue weighted by molar-refractivity contribution is 0.0950. The monoisotopic (exact) mass is 327 g/mol. The average molecular weight is 327 g/mol. The van der Waals surface area contributed by atoms with Crippen LogP contribution in [0.4, 0.5) is 5.69 Å². The third kappa shape index (κ3) is 3.49. The van der Waals surface area contributed by atoms with Crippen molar-refractivity contribution in [3.63, 3.8) is 0 Å². The quantitative estimate of drug-likeness (QED) is 0.849. The minimum Gasteiger partial charge on any atom is -0.459 e. The summed E-state index contributed by atoms with van der Waals surface area (Å²) >= 11 is 0. The Hall–Kier alpha value is -2.60. The molecule has 1 aromatic heterocycles. The molecule has 1 aliphatic rings. The predicted molar refractivity (Wildman–Crippen MR) is 90.9 cm³/mol. The van der Waals surface area contributed by atoms with Gasteiger partial charge in [0.15, 0.2) is 5.76 Å². The van der Waals surface area contributed by atoms with Crippen LogP contribution in [-0.2, 0) is 0 Å². The van der Waals surface area contributed by atoms with Crippen molar-refractivity contribution in [3.05, 3.63) is 54.0 Å². The highest BCUT2D eigenvalue weighted by Gasteiger charge is 2.29. The van der Waals surface area contributed by atoms with Crippen molar-refractivity contribution >= 4 is 17.5 Å². The fourth-order valence-corrected chi connectivity index (χ4v) is 2.63. The van der Waals surface area contributed by atoms with E-state index < -0.39 is 0 Å². The molecule has 0 radical (unpaired) electrons. The number of hydrogen-bond donors (Lipinski definition) is 2. The fourth-order valence-electron chi connectivity index (χ4n) is 2.63. The molecule has 6 nitrogen and oxygen atoms in total. The van der Waals surface area contributed by atoms with E-state index in [1.807, 2.05) is 0 Å². The molecule has 0 saturated heterocycles. The van der Waals surface area contributed by atoms with E-state index in [0.29, 0.717) is 23.7 Å². The molecule has 1 atom stereocenters. The van der Waals surface area contributed by atoms with Gasteiger partial charge in [-0.15, -0.1) is 0 Å². The topological polar surface area (TPSA) is 88.6 Å². The summed E-state index contributed by atoms with van der Waals surface area (Å²) in [6, 6.07) is 10.2. The fraction of sp³-hybridized carbons (Fsp3) is 0.333. The van der Waals surface area contributed by atoms with E-state index in [4.69, 9.17) is 10.2 Å². The van der Waals surface area contributed by atoms with Crippen molar-refractivity contribution in [2.75, 3.05) is 18.5 Å². The summed E-state index contributed by atoms with van der Waals surface area (Å²) in [7, 11) is 1.62. The maximum atomic E-state index is 12.5. The molecule has 3 rings (SSSR count). The number of furan rings is 1. The number of hydrogen-bond acceptors (Lipinski definition) is 4. The zero-order valence-corrected chi connectivity index (χ0v) is 13.6. The van der Waals surface area contributed by atoms with Gasteiger partial charge in [0.2, 0.25) is 0 Å². The van der Waals surface area contributed by atoms with Crippen molar-refractivity contribution < 1.29 is 14.0 Å². The Kier molecular flexibility index (Phi) is 4.66. The highest BCUT2D eigenvalue weighted by molar-refractivity contribution is 6.09. The molecule has 0 bridgehead atoms. The number of anilines is 1. The summed E-state index contributed by atoms with van der Waals surface area (Å²) < 4.78 is 5.14. The molecule has 126 valence electrons. The van der Waals surface area contributed by atoms with Crippen LogP contribution in [0.5, 0.6) is 0 Å². The van der Waals surface area contributed by atoms with Crippen molar-refractivity contribution in [1.82, 2.24) is 5.32 Å². The number of nitrogens with two attached hydrogens (primary N) is 1. The van der Waals surface area contributed by atoms with Gasteiger partial charge in [-0.05, 0) is 43.0 Å². The third-order valence-electron chi connectivity index (χ3n) is 4.27. The smallest absolute Gasteiger partial charge is 0.293 e. The van der Waals surface area contributed by atoms with Crippen LogP contribution < -0.4 is 16.0 Å². The molecule has 0 spiro atoms. The average Bonchev–Trinajstić information content (AvgIpc) is 3.32. The molecule has 24 heavy (non-hydrogen) atoms. The summed E-state index contributed by atoms with van der Waals surface area (Å²) in [5.41, 5.74) is 6.98. The normalized spacial score (nSPS) is 14.9. The van der Waals surface area contributed by atoms with Gasteiger partial charge in [-0.25, -0.2) is 0 Å². The molecule has 2 aromatic rings. The van der Waals surface area contributed by atoms with E-state index in [1.165, 1.54) is 11.2 Å². The van der Waals surface area contributed by atoms with Crippen LogP contribution in [0.1, 0.15) is 33.8 Å². The molecule has 3 N–H and O–H groups in total. The first kappa shape index (κ1) is 16.3. The number of nitrogens with one attached hydrogen (secondary N) is 1. The summed E-state index contributed by atoms with van der Waals surface area (Å²) in [5, 5.41) is 2.86. The highest BCUT2D eigenvalue weighted by Crippen LogP contribution is 2.31. The molecule has 2 amide bonds. The molecule has 1 saturated carbocycles. The van der Waals surface area contributed by atoms with Crippen LogP contribution >= 0.6 is 0 Å². The van der Waals surface area contributed by atoms with E-state index in [-0.39, 0.29) is 23.6 Å². The van der Waals surface area contributed by atoms with Gasteiger partial charge in [-0.3, -0.25) is 9.59 Å². The van der Waals surface area contributed by atoms with Gasteiger partial charge in [0, 0.05) is 19.6 Å². The van der Waals surface area contributed by atoms with E-state index in [2.05, 4.69) is 5.32 Å². The lowest BCUT2D eigenvalue weighted by atomic mass is 10.1. The van der Waals surface area contributed by atoms with E-state index >= 15 is 0 Å². The van der Waals surface area contributed by atoms with Gasteiger partial charge in [0.05, 0.1) is 17.5 Å². The molecular weight excluding hydrogens is 306 g/mol. The summed E-state index contributed by atoms with van der Waals surface area (Å²) in [6.45, 7) is 0.438. The lowest BCUT2D eigenvalue weighted by Crippen LogP contribution is -2.39. The summed E-state index contributed by atoms with van der Waals surface area (Å²) in [5.74, 6) is 0.197. The second kappa shape index (κ2) is 6.88. The first-order chi connectivity index (χ1) is 11.6. The summed E-state index contributed by atoms with van der Waals surface area (Å²) in [4.78, 5) is 26.3. The Morgan fingerprint density at radius 2 is 2.04 bits per heavy atom. The second-order valence-corrected chi connectivity index (χ2v) is 6.07. The zero-order valence-electron chi connectivity index (χ0n) is 13.6. The number of para-hydroxylation sites is 1. The van der Waals surface area contributed by atoms with Crippen LogP contribution in [0, 0.1) is 5.92 Å². The van der Waals surface area contributed by atoms with Gasteiger partial charge >= 0.3 is 0 Å². The molecule has 1 heterocycles. The Labute approximate surface area is 140 Å². The van der Waals surface area contributed by atoms with E-state index in [0.717, 1.165) is 12.8 Å². The lowest BCUT2D eigenvalue weighted by Gasteiger charge is -2.20. The maximum Gasteiger partial charge on any atom is 0.293 e. The molecule has 1 aliphatic carbocycles. The van der Waals surface area contributed by atoms with Crippen molar-refractivity contribution in [2.45, 2.75) is 18.9 Å². The Bertz CT molecular complexity index is 723. The van der Waals surface area contributed by atoms with E-state index in [1.54, 1.807) is 43.4 Å². The van der Waals surface area contributed by atoms with Crippen molar-refractivity contribution in [2.24, 2.45) is 11.7 Å². The molecule has 1 aromatic carbocycles. The largest absolute Gasteiger partial charge is 0.459 e. The van der Waals surface area contributed by atoms with E-state index in [9.17, 15) is 9.59 Å². The number of carbonyl (C=O) groups excluding carboxylic acids is 2. The molecule has 1 unspecified atom stereocenters. The number of nitrogens with zero attached hydrogens (tertiary/aromatic N) is 1. The van der Waals surface area contributed by atoms with Crippen LogP contribution in [0.3, 0.4) is 0 Å². The SMILES string of the molecule is CN(C(=O)c1ccco1)c1ccccc1C(=O)NCC(N)C1CC1. The number of amides is 2. The zero-order chi connectivity index (χ0) is 17.1. The minimum atomic E-state index is -0.310. The number of benzene rings is 1. The Balaban J connectivity index is 1.74.